The van der Waals surface area contributed by atoms with Crippen molar-refractivity contribution in [2.24, 2.45) is 0 Å². The monoisotopic (exact) mass is 365 g/mol. The zero-order chi connectivity index (χ0) is 13.9. The SMILES string of the molecule is Cl.Cl.O=C(C1CCCN1)N1CCN(c2ccc(Cl)cc2)CC1. The lowest BCUT2D eigenvalue weighted by atomic mass is 10.1. The van der Waals surface area contributed by atoms with Crippen molar-refractivity contribution in [3.05, 3.63) is 29.3 Å². The van der Waals surface area contributed by atoms with Crippen molar-refractivity contribution in [1.29, 1.82) is 0 Å². The summed E-state index contributed by atoms with van der Waals surface area (Å²) in [6.45, 7) is 4.36. The van der Waals surface area contributed by atoms with E-state index in [1.165, 1.54) is 5.69 Å². The first kappa shape index (κ1) is 19.4. The van der Waals surface area contributed by atoms with Crippen LogP contribution in [0, 0.1) is 0 Å². The minimum Gasteiger partial charge on any atom is -0.368 e. The molecule has 2 heterocycles. The zero-order valence-electron chi connectivity index (χ0n) is 12.3. The van der Waals surface area contributed by atoms with E-state index in [-0.39, 0.29) is 36.8 Å². The van der Waals surface area contributed by atoms with Crippen LogP contribution in [-0.4, -0.2) is 49.6 Å². The molecular formula is C15H22Cl3N3O. The van der Waals surface area contributed by atoms with Crippen LogP contribution in [0.15, 0.2) is 24.3 Å². The Hall–Kier alpha value is -0.680. The van der Waals surface area contributed by atoms with Gasteiger partial charge >= 0.3 is 0 Å². The quantitative estimate of drug-likeness (QED) is 0.874. The number of amides is 1. The van der Waals surface area contributed by atoms with Crippen LogP contribution < -0.4 is 10.2 Å². The standard InChI is InChI=1S/C15H20ClN3O.2ClH/c16-12-3-5-13(6-4-12)18-8-10-19(11-9-18)15(20)14-2-1-7-17-14;;/h3-6,14,17H,1-2,7-11H2;2*1H. The van der Waals surface area contributed by atoms with E-state index < -0.39 is 0 Å². The summed E-state index contributed by atoms with van der Waals surface area (Å²) in [6.07, 6.45) is 2.09. The fourth-order valence-corrected chi connectivity index (χ4v) is 3.08. The second-order valence-electron chi connectivity index (χ2n) is 5.44. The number of halogens is 3. The number of carbonyl (C=O) groups is 1. The maximum atomic E-state index is 12.3. The number of nitrogens with one attached hydrogen (secondary N) is 1. The van der Waals surface area contributed by atoms with Crippen LogP contribution in [0.2, 0.25) is 5.02 Å². The highest BCUT2D eigenvalue weighted by atomic mass is 35.5. The zero-order valence-corrected chi connectivity index (χ0v) is 14.7. The van der Waals surface area contributed by atoms with Crippen LogP contribution in [0.1, 0.15) is 12.8 Å². The Morgan fingerprint density at radius 1 is 1.09 bits per heavy atom. The Kier molecular flexibility index (Phi) is 7.77. The number of nitrogens with zero attached hydrogens (tertiary/aromatic N) is 2. The average Bonchev–Trinajstić information content (AvgIpc) is 3.02. The van der Waals surface area contributed by atoms with Crippen molar-refractivity contribution in [1.82, 2.24) is 10.2 Å². The van der Waals surface area contributed by atoms with Gasteiger partial charge in [-0.2, -0.15) is 0 Å². The van der Waals surface area contributed by atoms with E-state index in [1.807, 2.05) is 29.2 Å². The third kappa shape index (κ3) is 4.42. The predicted octanol–water partition coefficient (Wildman–Crippen LogP) is 2.58. The van der Waals surface area contributed by atoms with Gasteiger partial charge in [0.2, 0.25) is 5.91 Å². The van der Waals surface area contributed by atoms with Gasteiger partial charge in [-0.15, -0.1) is 24.8 Å². The van der Waals surface area contributed by atoms with Gasteiger partial charge in [-0.1, -0.05) is 11.6 Å². The molecule has 0 aliphatic carbocycles. The lowest BCUT2D eigenvalue weighted by molar-refractivity contribution is -0.133. The van der Waals surface area contributed by atoms with Crippen molar-refractivity contribution < 1.29 is 4.79 Å². The fraction of sp³-hybridized carbons (Fsp3) is 0.533. The van der Waals surface area contributed by atoms with Gasteiger partial charge in [-0.25, -0.2) is 0 Å². The van der Waals surface area contributed by atoms with Gasteiger partial charge in [-0.3, -0.25) is 4.79 Å². The number of anilines is 1. The van der Waals surface area contributed by atoms with Gasteiger partial charge in [0.05, 0.1) is 6.04 Å². The van der Waals surface area contributed by atoms with Crippen molar-refractivity contribution in [3.63, 3.8) is 0 Å². The topological polar surface area (TPSA) is 35.6 Å². The largest absolute Gasteiger partial charge is 0.368 e. The summed E-state index contributed by atoms with van der Waals surface area (Å²) in [7, 11) is 0. The van der Waals surface area contributed by atoms with E-state index in [2.05, 4.69) is 10.2 Å². The molecule has 0 bridgehead atoms. The fourth-order valence-electron chi connectivity index (χ4n) is 2.95. The molecule has 0 saturated carbocycles. The smallest absolute Gasteiger partial charge is 0.239 e. The Morgan fingerprint density at radius 2 is 1.73 bits per heavy atom. The second-order valence-corrected chi connectivity index (χ2v) is 5.87. The van der Waals surface area contributed by atoms with E-state index in [4.69, 9.17) is 11.6 Å². The van der Waals surface area contributed by atoms with E-state index in [0.717, 1.165) is 50.6 Å². The molecule has 1 N–H and O–H groups in total. The molecule has 0 radical (unpaired) electrons. The minimum absolute atomic E-state index is 0. The number of benzene rings is 1. The van der Waals surface area contributed by atoms with Crippen LogP contribution in [0.25, 0.3) is 0 Å². The molecule has 1 aromatic carbocycles. The van der Waals surface area contributed by atoms with Crippen LogP contribution in [-0.2, 0) is 4.79 Å². The highest BCUT2D eigenvalue weighted by Crippen LogP contribution is 2.20. The first-order chi connectivity index (χ1) is 9.74. The Labute approximate surface area is 149 Å². The summed E-state index contributed by atoms with van der Waals surface area (Å²) in [4.78, 5) is 16.6. The van der Waals surface area contributed by atoms with E-state index in [0.29, 0.717) is 0 Å². The van der Waals surface area contributed by atoms with Gasteiger partial charge in [-0.05, 0) is 43.7 Å². The first-order valence-electron chi connectivity index (χ1n) is 7.27. The molecule has 2 aliphatic heterocycles. The lowest BCUT2D eigenvalue weighted by Crippen LogP contribution is -2.53. The Balaban J connectivity index is 0.00000121. The van der Waals surface area contributed by atoms with Crippen molar-refractivity contribution >= 4 is 48.0 Å². The molecule has 1 unspecified atom stereocenters. The Bertz CT molecular complexity index is 469. The highest BCUT2D eigenvalue weighted by molar-refractivity contribution is 6.30. The minimum atomic E-state index is 0. The summed E-state index contributed by atoms with van der Waals surface area (Å²) in [5.41, 5.74) is 1.18. The third-order valence-electron chi connectivity index (χ3n) is 4.14. The number of hydrogen-bond acceptors (Lipinski definition) is 3. The number of piperazine rings is 1. The third-order valence-corrected chi connectivity index (χ3v) is 4.39. The summed E-state index contributed by atoms with van der Waals surface area (Å²) in [5, 5.41) is 4.04. The number of rotatable bonds is 2. The molecule has 3 rings (SSSR count). The molecule has 2 aliphatic rings. The van der Waals surface area contributed by atoms with Crippen molar-refractivity contribution in [2.75, 3.05) is 37.6 Å². The average molecular weight is 367 g/mol. The number of hydrogen-bond donors (Lipinski definition) is 1. The number of carbonyl (C=O) groups excluding carboxylic acids is 1. The molecule has 124 valence electrons. The van der Waals surface area contributed by atoms with Crippen LogP contribution in [0.3, 0.4) is 0 Å². The molecule has 1 aromatic rings. The van der Waals surface area contributed by atoms with Gasteiger partial charge in [0.25, 0.3) is 0 Å². The van der Waals surface area contributed by atoms with Crippen molar-refractivity contribution in [2.45, 2.75) is 18.9 Å². The van der Waals surface area contributed by atoms with Crippen LogP contribution >= 0.6 is 36.4 Å². The maximum Gasteiger partial charge on any atom is 0.239 e. The molecule has 1 amide bonds. The highest BCUT2D eigenvalue weighted by Gasteiger charge is 2.29. The lowest BCUT2D eigenvalue weighted by Gasteiger charge is -2.37. The molecule has 4 nitrogen and oxygen atoms in total. The summed E-state index contributed by atoms with van der Waals surface area (Å²) in [6, 6.07) is 7.96. The van der Waals surface area contributed by atoms with Gasteiger partial charge in [0.1, 0.15) is 0 Å². The van der Waals surface area contributed by atoms with Gasteiger partial charge in [0, 0.05) is 36.9 Å². The van der Waals surface area contributed by atoms with Crippen molar-refractivity contribution in [3.8, 4) is 0 Å². The molecule has 1 atom stereocenters. The molecule has 2 saturated heterocycles. The Morgan fingerprint density at radius 3 is 2.27 bits per heavy atom. The van der Waals surface area contributed by atoms with E-state index in [9.17, 15) is 4.79 Å². The van der Waals surface area contributed by atoms with E-state index >= 15 is 0 Å². The molecule has 0 aromatic heterocycles. The van der Waals surface area contributed by atoms with E-state index in [1.54, 1.807) is 0 Å². The molecular weight excluding hydrogens is 345 g/mol. The van der Waals surface area contributed by atoms with Crippen LogP contribution in [0.5, 0.6) is 0 Å². The molecule has 2 fully saturated rings. The summed E-state index contributed by atoms with van der Waals surface area (Å²) < 4.78 is 0. The summed E-state index contributed by atoms with van der Waals surface area (Å²) in [5.74, 6) is 0.276. The van der Waals surface area contributed by atoms with Crippen LogP contribution in [0.4, 0.5) is 5.69 Å². The molecule has 0 spiro atoms. The van der Waals surface area contributed by atoms with Gasteiger partial charge in [0.15, 0.2) is 0 Å². The second kappa shape index (κ2) is 8.82. The maximum absolute atomic E-state index is 12.3. The predicted molar refractivity (Wildman–Crippen MR) is 95.8 cm³/mol. The summed E-state index contributed by atoms with van der Waals surface area (Å²) >= 11 is 5.91. The first-order valence-corrected chi connectivity index (χ1v) is 7.64. The van der Waals surface area contributed by atoms with Gasteiger partial charge < -0.3 is 15.1 Å². The molecule has 7 heteroatoms. The molecule has 22 heavy (non-hydrogen) atoms. The normalized spacial score (nSPS) is 21.0.